The first-order chi connectivity index (χ1) is 10.5. The number of carbonyl (C=O) groups excluding carboxylic acids is 2. The lowest BCUT2D eigenvalue weighted by Gasteiger charge is -2.19. The van der Waals surface area contributed by atoms with E-state index in [2.05, 4.69) is 9.72 Å². The molecule has 1 aromatic heterocycles. The SMILES string of the molecule is COC(=O)c1csc(C(OC(=O)c2ccccc2)C(C)C)n1. The Hall–Kier alpha value is -2.21. The van der Waals surface area contributed by atoms with E-state index >= 15 is 0 Å². The fourth-order valence-electron chi connectivity index (χ4n) is 1.85. The Morgan fingerprint density at radius 1 is 1.14 bits per heavy atom. The molecule has 1 aromatic carbocycles. The van der Waals surface area contributed by atoms with Gasteiger partial charge in [0.25, 0.3) is 0 Å². The van der Waals surface area contributed by atoms with Crippen molar-refractivity contribution in [2.24, 2.45) is 5.92 Å². The van der Waals surface area contributed by atoms with Gasteiger partial charge in [-0.05, 0) is 18.1 Å². The third-order valence-electron chi connectivity index (χ3n) is 3.01. The second-order valence-electron chi connectivity index (χ2n) is 5.00. The monoisotopic (exact) mass is 319 g/mol. The summed E-state index contributed by atoms with van der Waals surface area (Å²) in [6.07, 6.45) is -0.504. The molecule has 2 aromatic rings. The lowest BCUT2D eigenvalue weighted by atomic mass is 10.1. The number of rotatable bonds is 5. The lowest BCUT2D eigenvalue weighted by molar-refractivity contribution is 0.0175. The molecule has 6 heteroatoms. The van der Waals surface area contributed by atoms with Crippen LogP contribution in [0, 0.1) is 5.92 Å². The van der Waals surface area contributed by atoms with Crippen LogP contribution in [0.15, 0.2) is 35.7 Å². The van der Waals surface area contributed by atoms with E-state index in [9.17, 15) is 9.59 Å². The van der Waals surface area contributed by atoms with Crippen molar-refractivity contribution < 1.29 is 19.1 Å². The zero-order valence-electron chi connectivity index (χ0n) is 12.6. The van der Waals surface area contributed by atoms with Crippen molar-refractivity contribution in [3.05, 3.63) is 52.0 Å². The van der Waals surface area contributed by atoms with Crippen LogP contribution in [-0.4, -0.2) is 24.0 Å². The van der Waals surface area contributed by atoms with Gasteiger partial charge >= 0.3 is 11.9 Å². The van der Waals surface area contributed by atoms with Gasteiger partial charge in [0.15, 0.2) is 11.8 Å². The van der Waals surface area contributed by atoms with Crippen LogP contribution in [0.4, 0.5) is 0 Å². The van der Waals surface area contributed by atoms with E-state index in [0.717, 1.165) is 0 Å². The predicted molar refractivity (Wildman–Crippen MR) is 82.9 cm³/mol. The maximum absolute atomic E-state index is 12.2. The minimum atomic E-state index is -0.504. The molecule has 22 heavy (non-hydrogen) atoms. The van der Waals surface area contributed by atoms with Crippen molar-refractivity contribution in [1.82, 2.24) is 4.98 Å². The Morgan fingerprint density at radius 2 is 1.82 bits per heavy atom. The van der Waals surface area contributed by atoms with E-state index in [4.69, 9.17) is 4.74 Å². The quantitative estimate of drug-likeness (QED) is 0.789. The zero-order valence-corrected chi connectivity index (χ0v) is 13.4. The largest absolute Gasteiger partial charge is 0.464 e. The van der Waals surface area contributed by atoms with Crippen LogP contribution in [0.5, 0.6) is 0 Å². The third-order valence-corrected chi connectivity index (χ3v) is 3.92. The molecule has 1 heterocycles. The molecule has 5 nitrogen and oxygen atoms in total. The highest BCUT2D eigenvalue weighted by molar-refractivity contribution is 7.09. The normalized spacial score (nSPS) is 12.0. The van der Waals surface area contributed by atoms with E-state index in [-0.39, 0.29) is 11.6 Å². The number of methoxy groups -OCH3 is 1. The van der Waals surface area contributed by atoms with E-state index in [1.807, 2.05) is 19.9 Å². The summed E-state index contributed by atoms with van der Waals surface area (Å²) >= 11 is 1.28. The molecule has 0 aliphatic carbocycles. The molecule has 1 unspecified atom stereocenters. The Kier molecular flexibility index (Phi) is 5.27. The lowest BCUT2D eigenvalue weighted by Crippen LogP contribution is -2.16. The van der Waals surface area contributed by atoms with Crippen molar-refractivity contribution in [3.63, 3.8) is 0 Å². The first-order valence-electron chi connectivity index (χ1n) is 6.82. The van der Waals surface area contributed by atoms with Crippen LogP contribution in [0.1, 0.15) is 45.8 Å². The molecule has 0 N–H and O–H groups in total. The maximum Gasteiger partial charge on any atom is 0.357 e. The van der Waals surface area contributed by atoms with Crippen molar-refractivity contribution in [2.45, 2.75) is 20.0 Å². The summed E-state index contributed by atoms with van der Waals surface area (Å²) in [7, 11) is 1.30. The summed E-state index contributed by atoms with van der Waals surface area (Å²) in [6.45, 7) is 3.87. The van der Waals surface area contributed by atoms with E-state index in [0.29, 0.717) is 10.6 Å². The molecule has 0 saturated carbocycles. The van der Waals surface area contributed by atoms with Gasteiger partial charge in [0.1, 0.15) is 5.01 Å². The van der Waals surface area contributed by atoms with Gasteiger partial charge in [-0.1, -0.05) is 32.0 Å². The van der Waals surface area contributed by atoms with Crippen molar-refractivity contribution in [1.29, 1.82) is 0 Å². The number of thiazole rings is 1. The van der Waals surface area contributed by atoms with Gasteiger partial charge in [0, 0.05) is 5.38 Å². The van der Waals surface area contributed by atoms with Gasteiger partial charge in [0.2, 0.25) is 0 Å². The number of benzene rings is 1. The minimum Gasteiger partial charge on any atom is -0.464 e. The molecule has 2 rings (SSSR count). The Morgan fingerprint density at radius 3 is 2.41 bits per heavy atom. The van der Waals surface area contributed by atoms with E-state index < -0.39 is 18.0 Å². The molecule has 116 valence electrons. The second kappa shape index (κ2) is 7.17. The highest BCUT2D eigenvalue weighted by atomic mass is 32.1. The summed E-state index contributed by atoms with van der Waals surface area (Å²) in [4.78, 5) is 27.9. The van der Waals surface area contributed by atoms with E-state index in [1.54, 1.807) is 29.6 Å². The number of nitrogens with zero attached hydrogens (tertiary/aromatic N) is 1. The van der Waals surface area contributed by atoms with Crippen LogP contribution < -0.4 is 0 Å². The first-order valence-corrected chi connectivity index (χ1v) is 7.70. The number of esters is 2. The molecule has 1 atom stereocenters. The standard InChI is InChI=1S/C16H17NO4S/c1-10(2)13(14-17-12(9-22-14)16(19)20-3)21-15(18)11-7-5-4-6-8-11/h4-10,13H,1-3H3. The number of ether oxygens (including phenoxy) is 2. The smallest absolute Gasteiger partial charge is 0.357 e. The molecule has 0 aliphatic rings. The topological polar surface area (TPSA) is 65.5 Å². The summed E-state index contributed by atoms with van der Waals surface area (Å²) < 4.78 is 10.2. The average Bonchev–Trinajstić information content (AvgIpc) is 3.01. The van der Waals surface area contributed by atoms with Crippen LogP contribution in [-0.2, 0) is 9.47 Å². The van der Waals surface area contributed by atoms with Gasteiger partial charge in [-0.2, -0.15) is 0 Å². The average molecular weight is 319 g/mol. The van der Waals surface area contributed by atoms with Gasteiger partial charge in [-0.25, -0.2) is 14.6 Å². The first kappa shape index (κ1) is 16.2. The fourth-order valence-corrected chi connectivity index (χ4v) is 2.83. The summed E-state index contributed by atoms with van der Waals surface area (Å²) in [5.74, 6) is -0.877. The highest BCUT2D eigenvalue weighted by Gasteiger charge is 2.25. The predicted octanol–water partition coefficient (Wildman–Crippen LogP) is 3.48. The molecule has 0 bridgehead atoms. The van der Waals surface area contributed by atoms with Crippen molar-refractivity contribution in [2.75, 3.05) is 7.11 Å². The van der Waals surface area contributed by atoms with Gasteiger partial charge in [0.05, 0.1) is 12.7 Å². The summed E-state index contributed by atoms with van der Waals surface area (Å²) in [6, 6.07) is 8.78. The molecular formula is C16H17NO4S. The Balaban J connectivity index is 2.18. The number of hydrogen-bond acceptors (Lipinski definition) is 6. The summed E-state index contributed by atoms with van der Waals surface area (Å²) in [5.41, 5.74) is 0.710. The van der Waals surface area contributed by atoms with E-state index in [1.165, 1.54) is 18.4 Å². The van der Waals surface area contributed by atoms with Crippen LogP contribution in [0.2, 0.25) is 0 Å². The highest BCUT2D eigenvalue weighted by Crippen LogP contribution is 2.29. The molecule has 0 fully saturated rings. The molecule has 0 aliphatic heterocycles. The minimum absolute atomic E-state index is 0.0318. The van der Waals surface area contributed by atoms with Crippen LogP contribution in [0.3, 0.4) is 0 Å². The molecular weight excluding hydrogens is 302 g/mol. The molecule has 0 spiro atoms. The Bertz CT molecular complexity index is 651. The molecule has 0 radical (unpaired) electrons. The molecule has 0 saturated heterocycles. The Labute approximate surface area is 132 Å². The number of carbonyl (C=O) groups is 2. The van der Waals surface area contributed by atoms with Gasteiger partial charge in [-0.15, -0.1) is 11.3 Å². The van der Waals surface area contributed by atoms with Crippen LogP contribution in [0.25, 0.3) is 0 Å². The van der Waals surface area contributed by atoms with Crippen LogP contribution >= 0.6 is 11.3 Å². The molecule has 0 amide bonds. The third kappa shape index (κ3) is 3.71. The second-order valence-corrected chi connectivity index (χ2v) is 5.89. The number of aromatic nitrogens is 1. The zero-order chi connectivity index (χ0) is 16.1. The fraction of sp³-hybridized carbons (Fsp3) is 0.312. The summed E-state index contributed by atoms with van der Waals surface area (Å²) in [5, 5.41) is 2.19. The van der Waals surface area contributed by atoms with Gasteiger partial charge in [-0.3, -0.25) is 0 Å². The van der Waals surface area contributed by atoms with Gasteiger partial charge < -0.3 is 9.47 Å². The van der Waals surface area contributed by atoms with Crippen molar-refractivity contribution >= 4 is 23.3 Å². The maximum atomic E-state index is 12.2. The number of hydrogen-bond donors (Lipinski definition) is 0. The van der Waals surface area contributed by atoms with Crippen molar-refractivity contribution in [3.8, 4) is 0 Å².